The van der Waals surface area contributed by atoms with Crippen LogP contribution in [-0.4, -0.2) is 52.8 Å². The van der Waals surface area contributed by atoms with E-state index in [-0.39, 0.29) is 24.4 Å². The van der Waals surface area contributed by atoms with Crippen molar-refractivity contribution in [3.05, 3.63) is 40.7 Å². The predicted molar refractivity (Wildman–Crippen MR) is 129 cm³/mol. The number of amides is 1. The van der Waals surface area contributed by atoms with E-state index < -0.39 is 0 Å². The molecule has 0 N–H and O–H groups in total. The lowest BCUT2D eigenvalue weighted by Gasteiger charge is -2.20. The fourth-order valence-electron chi connectivity index (χ4n) is 3.56. The number of aromatic nitrogens is 3. The van der Waals surface area contributed by atoms with Gasteiger partial charge in [0.1, 0.15) is 0 Å². The molecule has 0 aliphatic rings. The maximum Gasteiger partial charge on any atom is 0.280 e. The number of aryl methyl sites for hydroxylation is 3. The molecule has 1 amide bonds. The van der Waals surface area contributed by atoms with Gasteiger partial charge in [0.2, 0.25) is 0 Å². The van der Waals surface area contributed by atoms with Crippen LogP contribution in [0, 0.1) is 20.8 Å². The largest absolute Gasteiger partial charge is 0.309 e. The second kappa shape index (κ2) is 9.90. The average molecular weight is 450 g/mol. The zero-order valence-electron chi connectivity index (χ0n) is 18.9. The summed E-state index contributed by atoms with van der Waals surface area (Å²) in [6.07, 6.45) is 0.872. The zero-order chi connectivity index (χ0) is 21.3. The molecule has 0 radical (unpaired) electrons. The van der Waals surface area contributed by atoms with Gasteiger partial charge in [-0.3, -0.25) is 14.4 Å². The quantitative estimate of drug-likeness (QED) is 0.508. The number of carbonyl (C=O) groups excluding carboxylic acids is 1. The summed E-state index contributed by atoms with van der Waals surface area (Å²) in [5.41, 5.74) is 4.80. The van der Waals surface area contributed by atoms with Gasteiger partial charge in [0.15, 0.2) is 10.8 Å². The maximum absolute atomic E-state index is 13.4. The van der Waals surface area contributed by atoms with Gasteiger partial charge in [0.05, 0.1) is 10.2 Å². The van der Waals surface area contributed by atoms with E-state index in [9.17, 15) is 4.79 Å². The van der Waals surface area contributed by atoms with Gasteiger partial charge in [-0.1, -0.05) is 17.4 Å². The van der Waals surface area contributed by atoms with Crippen LogP contribution in [0.5, 0.6) is 0 Å². The van der Waals surface area contributed by atoms with E-state index in [1.807, 2.05) is 31.8 Å². The van der Waals surface area contributed by atoms with Gasteiger partial charge in [0, 0.05) is 18.3 Å². The lowest BCUT2D eigenvalue weighted by molar-refractivity contribution is 0.0980. The molecule has 8 heteroatoms. The SMILES string of the molecule is Cc1cc(C)c2nc(N(CCCN(C)C)C(=O)c3cc(C)n(C(C)C)n3)sc2c1.Cl. The first-order chi connectivity index (χ1) is 13.7. The molecule has 164 valence electrons. The second-order valence-electron chi connectivity index (χ2n) is 8.25. The molecule has 0 aliphatic heterocycles. The molecule has 2 aromatic heterocycles. The Morgan fingerprint density at radius 2 is 1.83 bits per heavy atom. The molecular weight excluding hydrogens is 418 g/mol. The van der Waals surface area contributed by atoms with Crippen LogP contribution >= 0.6 is 23.7 Å². The number of hydrogen-bond acceptors (Lipinski definition) is 5. The minimum atomic E-state index is -0.0836. The van der Waals surface area contributed by atoms with Gasteiger partial charge in [-0.25, -0.2) is 4.98 Å². The predicted octanol–water partition coefficient (Wildman–Crippen LogP) is 5.02. The van der Waals surface area contributed by atoms with Crippen molar-refractivity contribution >= 4 is 45.0 Å². The van der Waals surface area contributed by atoms with Crippen molar-refractivity contribution in [3.63, 3.8) is 0 Å². The molecule has 0 spiro atoms. The first-order valence-corrected chi connectivity index (χ1v) is 10.9. The molecule has 2 heterocycles. The smallest absolute Gasteiger partial charge is 0.280 e. The topological polar surface area (TPSA) is 54.3 Å². The fraction of sp³-hybridized carbons (Fsp3) is 0.500. The molecule has 0 bridgehead atoms. The number of carbonyl (C=O) groups is 1. The van der Waals surface area contributed by atoms with Gasteiger partial charge < -0.3 is 4.90 Å². The Hall–Kier alpha value is -1.96. The normalized spacial score (nSPS) is 11.4. The third-order valence-electron chi connectivity index (χ3n) is 4.91. The molecule has 3 aromatic rings. The Bertz CT molecular complexity index is 1020. The van der Waals surface area contributed by atoms with Crippen molar-refractivity contribution < 1.29 is 4.79 Å². The summed E-state index contributed by atoms with van der Waals surface area (Å²) >= 11 is 1.58. The van der Waals surface area contributed by atoms with E-state index >= 15 is 0 Å². The number of nitrogens with zero attached hydrogens (tertiary/aromatic N) is 5. The van der Waals surface area contributed by atoms with E-state index in [2.05, 4.69) is 49.8 Å². The van der Waals surface area contributed by atoms with E-state index in [0.29, 0.717) is 12.2 Å². The van der Waals surface area contributed by atoms with Crippen molar-refractivity contribution in [1.29, 1.82) is 0 Å². The fourth-order valence-corrected chi connectivity index (χ4v) is 4.72. The molecule has 30 heavy (non-hydrogen) atoms. The van der Waals surface area contributed by atoms with Crippen molar-refractivity contribution in [1.82, 2.24) is 19.7 Å². The summed E-state index contributed by atoms with van der Waals surface area (Å²) in [5.74, 6) is -0.0836. The Morgan fingerprint density at radius 1 is 1.13 bits per heavy atom. The number of anilines is 1. The Kier molecular flexibility index (Phi) is 8.02. The lowest BCUT2D eigenvalue weighted by atomic mass is 10.1. The minimum Gasteiger partial charge on any atom is -0.309 e. The van der Waals surface area contributed by atoms with Gasteiger partial charge in [0.25, 0.3) is 5.91 Å². The van der Waals surface area contributed by atoms with Crippen LogP contribution < -0.4 is 4.90 Å². The molecule has 0 fully saturated rings. The van der Waals surface area contributed by atoms with E-state index in [1.54, 1.807) is 16.2 Å². The summed E-state index contributed by atoms with van der Waals surface area (Å²) in [6.45, 7) is 11.8. The Morgan fingerprint density at radius 3 is 2.43 bits per heavy atom. The summed E-state index contributed by atoms with van der Waals surface area (Å²) in [5, 5.41) is 5.32. The maximum atomic E-state index is 13.4. The zero-order valence-corrected chi connectivity index (χ0v) is 20.5. The van der Waals surface area contributed by atoms with E-state index in [4.69, 9.17) is 4.98 Å². The van der Waals surface area contributed by atoms with Gasteiger partial charge in [-0.2, -0.15) is 5.10 Å². The molecule has 0 saturated carbocycles. The summed E-state index contributed by atoms with van der Waals surface area (Å²) in [4.78, 5) is 22.2. The van der Waals surface area contributed by atoms with Gasteiger partial charge in [-0.15, -0.1) is 12.4 Å². The monoisotopic (exact) mass is 449 g/mol. The summed E-state index contributed by atoms with van der Waals surface area (Å²) in [7, 11) is 4.09. The highest BCUT2D eigenvalue weighted by Gasteiger charge is 2.24. The highest BCUT2D eigenvalue weighted by atomic mass is 35.5. The van der Waals surface area contributed by atoms with Crippen LogP contribution in [0.3, 0.4) is 0 Å². The van der Waals surface area contributed by atoms with Crippen molar-refractivity contribution in [2.75, 3.05) is 32.1 Å². The van der Waals surface area contributed by atoms with Crippen molar-refractivity contribution in [2.24, 2.45) is 0 Å². The molecule has 0 saturated heterocycles. The second-order valence-corrected chi connectivity index (χ2v) is 9.26. The average Bonchev–Trinajstić information content (AvgIpc) is 3.21. The molecule has 6 nitrogen and oxygen atoms in total. The summed E-state index contributed by atoms with van der Waals surface area (Å²) < 4.78 is 3.02. The lowest BCUT2D eigenvalue weighted by Crippen LogP contribution is -2.33. The standard InChI is InChI=1S/C22H31N5OS.ClH/c1-14(2)27-17(5)13-18(24-27)21(28)26(10-8-9-25(6)7)22-23-20-16(4)11-15(3)12-19(20)29-22;/h11-14H,8-10H2,1-7H3;1H. The van der Waals surface area contributed by atoms with Gasteiger partial charge in [-0.05, 0) is 84.9 Å². The number of benzene rings is 1. The van der Waals surface area contributed by atoms with Crippen LogP contribution in [-0.2, 0) is 0 Å². The van der Waals surface area contributed by atoms with Crippen LogP contribution in [0.4, 0.5) is 5.13 Å². The molecule has 0 aliphatic carbocycles. The third-order valence-corrected chi connectivity index (χ3v) is 5.94. The summed E-state index contributed by atoms with van der Waals surface area (Å²) in [6, 6.07) is 6.37. The molecule has 3 rings (SSSR count). The van der Waals surface area contributed by atoms with Crippen molar-refractivity contribution in [3.8, 4) is 0 Å². The van der Waals surface area contributed by atoms with E-state index in [1.165, 1.54) is 5.56 Å². The number of rotatable bonds is 7. The van der Waals surface area contributed by atoms with Gasteiger partial charge >= 0.3 is 0 Å². The number of fused-ring (bicyclic) bond motifs is 1. The first kappa shape index (κ1) is 24.3. The van der Waals surface area contributed by atoms with Crippen LogP contribution in [0.25, 0.3) is 10.2 Å². The molecular formula is C22H32ClN5OS. The minimum absolute atomic E-state index is 0. The molecule has 1 aromatic carbocycles. The van der Waals surface area contributed by atoms with Crippen LogP contribution in [0.15, 0.2) is 18.2 Å². The third kappa shape index (κ3) is 5.20. The molecule has 0 atom stereocenters. The Labute approximate surface area is 189 Å². The highest BCUT2D eigenvalue weighted by molar-refractivity contribution is 7.22. The van der Waals surface area contributed by atoms with Crippen molar-refractivity contribution in [2.45, 2.75) is 47.1 Å². The van der Waals surface area contributed by atoms with E-state index in [0.717, 1.165) is 39.6 Å². The first-order valence-electron chi connectivity index (χ1n) is 10.1. The Balaban J connectivity index is 0.00000320. The van der Waals surface area contributed by atoms with Crippen LogP contribution in [0.1, 0.15) is 53.6 Å². The number of hydrogen-bond donors (Lipinski definition) is 0. The van der Waals surface area contributed by atoms with Crippen LogP contribution in [0.2, 0.25) is 0 Å². The number of halogens is 1. The molecule has 0 unspecified atom stereocenters. The highest BCUT2D eigenvalue weighted by Crippen LogP contribution is 2.32. The number of thiazole rings is 1.